The van der Waals surface area contributed by atoms with Crippen molar-refractivity contribution in [1.29, 1.82) is 5.26 Å². The molecule has 1 aromatic carbocycles. The molecule has 1 amide bonds. The van der Waals surface area contributed by atoms with Gasteiger partial charge in [-0.15, -0.1) is 0 Å². The number of ether oxygens (including phenoxy) is 3. The van der Waals surface area contributed by atoms with Gasteiger partial charge in [0, 0.05) is 6.54 Å². The highest BCUT2D eigenvalue weighted by atomic mass is 35.5. The van der Waals surface area contributed by atoms with E-state index in [0.717, 1.165) is 0 Å². The van der Waals surface area contributed by atoms with Crippen LogP contribution in [0.25, 0.3) is 0 Å². The van der Waals surface area contributed by atoms with E-state index in [-0.39, 0.29) is 29.3 Å². The standard InChI is InChI=1S/C14H15ClN2O5/c1-20-11-7-9(6-10(15)13(11)21-2)14(19)22-8-12(18)17-5-3-4-16/h6-7H,3,5,8H2,1-2H3,(H,17,18). The molecular weight excluding hydrogens is 312 g/mol. The molecule has 0 aromatic heterocycles. The molecule has 8 heteroatoms. The molecular formula is C14H15ClN2O5. The molecule has 0 aliphatic heterocycles. The van der Waals surface area contributed by atoms with E-state index < -0.39 is 18.5 Å². The first kappa shape index (κ1) is 17.6. The maximum absolute atomic E-state index is 11.9. The van der Waals surface area contributed by atoms with Crippen LogP contribution in [0.4, 0.5) is 0 Å². The van der Waals surface area contributed by atoms with Crippen LogP contribution in [0.5, 0.6) is 11.5 Å². The van der Waals surface area contributed by atoms with Crippen molar-refractivity contribution in [3.63, 3.8) is 0 Å². The van der Waals surface area contributed by atoms with Crippen LogP contribution in [0.2, 0.25) is 5.02 Å². The maximum atomic E-state index is 11.9. The summed E-state index contributed by atoms with van der Waals surface area (Å²) in [5.41, 5.74) is 0.132. The molecule has 0 saturated carbocycles. The van der Waals surface area contributed by atoms with Crippen molar-refractivity contribution in [2.45, 2.75) is 6.42 Å². The van der Waals surface area contributed by atoms with Crippen LogP contribution in [0.1, 0.15) is 16.8 Å². The molecule has 0 atom stereocenters. The number of halogens is 1. The van der Waals surface area contributed by atoms with Crippen LogP contribution < -0.4 is 14.8 Å². The monoisotopic (exact) mass is 326 g/mol. The van der Waals surface area contributed by atoms with Crippen molar-refractivity contribution in [3.05, 3.63) is 22.7 Å². The second-order valence-corrected chi connectivity index (χ2v) is 4.43. The molecule has 0 unspecified atom stereocenters. The van der Waals surface area contributed by atoms with Gasteiger partial charge < -0.3 is 19.5 Å². The lowest BCUT2D eigenvalue weighted by atomic mass is 10.2. The minimum Gasteiger partial charge on any atom is -0.493 e. The van der Waals surface area contributed by atoms with Crippen molar-refractivity contribution >= 4 is 23.5 Å². The van der Waals surface area contributed by atoms with E-state index in [1.54, 1.807) is 0 Å². The van der Waals surface area contributed by atoms with E-state index in [2.05, 4.69) is 5.32 Å². The van der Waals surface area contributed by atoms with Crippen LogP contribution in [0, 0.1) is 11.3 Å². The van der Waals surface area contributed by atoms with Crippen molar-refractivity contribution < 1.29 is 23.8 Å². The van der Waals surface area contributed by atoms with Crippen molar-refractivity contribution in [1.82, 2.24) is 5.32 Å². The molecule has 0 aliphatic rings. The lowest BCUT2D eigenvalue weighted by Crippen LogP contribution is -2.29. The van der Waals surface area contributed by atoms with Crippen molar-refractivity contribution in [3.8, 4) is 17.6 Å². The zero-order valence-corrected chi connectivity index (χ0v) is 12.9. The van der Waals surface area contributed by atoms with Gasteiger partial charge in [0.1, 0.15) is 0 Å². The number of amides is 1. The van der Waals surface area contributed by atoms with Crippen LogP contribution in [-0.4, -0.2) is 39.2 Å². The first-order chi connectivity index (χ1) is 10.5. The summed E-state index contributed by atoms with van der Waals surface area (Å²) in [7, 11) is 2.83. The molecule has 1 N–H and O–H groups in total. The third-order valence-electron chi connectivity index (χ3n) is 2.56. The highest BCUT2D eigenvalue weighted by molar-refractivity contribution is 6.32. The summed E-state index contributed by atoms with van der Waals surface area (Å²) in [5, 5.41) is 11.0. The van der Waals surface area contributed by atoms with Crippen molar-refractivity contribution in [2.75, 3.05) is 27.4 Å². The number of rotatable bonds is 7. The first-order valence-corrected chi connectivity index (χ1v) is 6.63. The van der Waals surface area contributed by atoms with Gasteiger partial charge >= 0.3 is 5.97 Å². The number of methoxy groups -OCH3 is 2. The minimum atomic E-state index is -0.724. The summed E-state index contributed by atoms with van der Waals surface area (Å²) >= 11 is 5.98. The number of nitriles is 1. The molecule has 1 aromatic rings. The third-order valence-corrected chi connectivity index (χ3v) is 2.84. The molecule has 0 bridgehead atoms. The SMILES string of the molecule is COc1cc(C(=O)OCC(=O)NCCC#N)cc(Cl)c1OC. The van der Waals surface area contributed by atoms with Crippen molar-refractivity contribution in [2.24, 2.45) is 0 Å². The zero-order valence-electron chi connectivity index (χ0n) is 12.1. The summed E-state index contributed by atoms with van der Waals surface area (Å²) in [6.45, 7) is -0.245. The number of carbonyl (C=O) groups is 2. The lowest BCUT2D eigenvalue weighted by molar-refractivity contribution is -0.124. The summed E-state index contributed by atoms with van der Waals surface area (Å²) < 4.78 is 15.0. The second kappa shape index (κ2) is 8.74. The quantitative estimate of drug-likeness (QED) is 0.603. The summed E-state index contributed by atoms with van der Waals surface area (Å²) in [6.07, 6.45) is 0.185. The Kier molecular flexibility index (Phi) is 6.99. The highest BCUT2D eigenvalue weighted by Crippen LogP contribution is 2.36. The molecule has 118 valence electrons. The Morgan fingerprint density at radius 3 is 2.64 bits per heavy atom. The number of esters is 1. The molecule has 0 aliphatic carbocycles. The Morgan fingerprint density at radius 1 is 1.32 bits per heavy atom. The summed E-state index contributed by atoms with van der Waals surface area (Å²) in [6, 6.07) is 4.64. The van der Waals surface area contributed by atoms with Gasteiger partial charge in [-0.05, 0) is 12.1 Å². The summed E-state index contributed by atoms with van der Waals surface area (Å²) in [5.74, 6) is -0.635. The van der Waals surface area contributed by atoms with Gasteiger partial charge in [0.25, 0.3) is 5.91 Å². The molecule has 0 radical (unpaired) electrons. The van der Waals surface area contributed by atoms with Gasteiger partial charge in [0.15, 0.2) is 18.1 Å². The zero-order chi connectivity index (χ0) is 16.5. The normalized spacial score (nSPS) is 9.55. The third kappa shape index (κ3) is 4.82. The van der Waals surface area contributed by atoms with Gasteiger partial charge in [-0.25, -0.2) is 4.79 Å². The highest BCUT2D eigenvalue weighted by Gasteiger charge is 2.17. The molecule has 0 heterocycles. The number of nitrogens with zero attached hydrogens (tertiary/aromatic N) is 1. The molecule has 7 nitrogen and oxygen atoms in total. The van der Waals surface area contributed by atoms with Crippen LogP contribution in [0.15, 0.2) is 12.1 Å². The fourth-order valence-corrected chi connectivity index (χ4v) is 1.85. The fraction of sp³-hybridized carbons (Fsp3) is 0.357. The molecule has 1 rings (SSSR count). The maximum Gasteiger partial charge on any atom is 0.338 e. The molecule has 22 heavy (non-hydrogen) atoms. The van der Waals surface area contributed by atoms with E-state index in [9.17, 15) is 9.59 Å². The Hall–Kier alpha value is -2.46. The van der Waals surface area contributed by atoms with Crippen LogP contribution >= 0.6 is 11.6 Å². The number of carbonyl (C=O) groups excluding carboxylic acids is 2. The first-order valence-electron chi connectivity index (χ1n) is 6.25. The number of hydrogen-bond donors (Lipinski definition) is 1. The van der Waals surface area contributed by atoms with Gasteiger partial charge in [0.2, 0.25) is 0 Å². The summed E-state index contributed by atoms with van der Waals surface area (Å²) in [4.78, 5) is 23.3. The van der Waals surface area contributed by atoms with E-state index >= 15 is 0 Å². The Labute approximate surface area is 132 Å². The minimum absolute atomic E-state index is 0.132. The largest absolute Gasteiger partial charge is 0.493 e. The molecule has 0 spiro atoms. The molecule has 0 saturated heterocycles. The average Bonchev–Trinajstić information content (AvgIpc) is 2.51. The van der Waals surface area contributed by atoms with E-state index in [0.29, 0.717) is 5.75 Å². The Morgan fingerprint density at radius 2 is 2.05 bits per heavy atom. The number of nitrogens with one attached hydrogen (secondary N) is 1. The van der Waals surface area contributed by atoms with Crippen LogP contribution in [-0.2, 0) is 9.53 Å². The predicted molar refractivity (Wildman–Crippen MR) is 78.1 cm³/mol. The Bertz CT molecular complexity index is 598. The van der Waals surface area contributed by atoms with E-state index in [1.807, 2.05) is 6.07 Å². The van der Waals surface area contributed by atoms with Gasteiger partial charge in [-0.3, -0.25) is 4.79 Å². The smallest absolute Gasteiger partial charge is 0.338 e. The van der Waals surface area contributed by atoms with Gasteiger partial charge in [-0.1, -0.05) is 11.6 Å². The van der Waals surface area contributed by atoms with Crippen LogP contribution in [0.3, 0.4) is 0 Å². The fourth-order valence-electron chi connectivity index (χ4n) is 1.56. The topological polar surface area (TPSA) is 97.6 Å². The second-order valence-electron chi connectivity index (χ2n) is 4.03. The Balaban J connectivity index is 2.68. The lowest BCUT2D eigenvalue weighted by Gasteiger charge is -2.11. The van der Waals surface area contributed by atoms with Gasteiger partial charge in [0.05, 0.1) is 37.3 Å². The number of hydrogen-bond acceptors (Lipinski definition) is 6. The average molecular weight is 327 g/mol. The van der Waals surface area contributed by atoms with E-state index in [4.69, 9.17) is 31.1 Å². The predicted octanol–water partition coefficient (Wildman–Crippen LogP) is 1.54. The number of benzene rings is 1. The van der Waals surface area contributed by atoms with Gasteiger partial charge in [-0.2, -0.15) is 5.26 Å². The molecule has 0 fully saturated rings. The van der Waals surface area contributed by atoms with E-state index in [1.165, 1.54) is 26.4 Å².